The van der Waals surface area contributed by atoms with Crippen LogP contribution in [-0.4, -0.2) is 17.3 Å². The molecule has 3 N–H and O–H groups in total. The lowest BCUT2D eigenvalue weighted by molar-refractivity contribution is 0.157. The molecular formula is C20H43NO. The number of hydrogen-bond donors (Lipinski definition) is 2. The second-order valence-electron chi connectivity index (χ2n) is 7.14. The van der Waals surface area contributed by atoms with E-state index in [4.69, 9.17) is 5.73 Å². The molecule has 0 bridgehead atoms. The summed E-state index contributed by atoms with van der Waals surface area (Å²) in [4.78, 5) is 0. The van der Waals surface area contributed by atoms with Gasteiger partial charge in [0.15, 0.2) is 0 Å². The molecule has 0 saturated heterocycles. The lowest BCUT2D eigenvalue weighted by Crippen LogP contribution is -2.31. The van der Waals surface area contributed by atoms with Gasteiger partial charge in [0.25, 0.3) is 0 Å². The molecular weight excluding hydrogens is 270 g/mol. The smallest absolute Gasteiger partial charge is 0.0662 e. The molecule has 0 spiro atoms. The van der Waals surface area contributed by atoms with Crippen molar-refractivity contribution in [1.29, 1.82) is 0 Å². The van der Waals surface area contributed by atoms with Crippen LogP contribution < -0.4 is 5.73 Å². The van der Waals surface area contributed by atoms with Crippen LogP contribution in [0.5, 0.6) is 0 Å². The van der Waals surface area contributed by atoms with Crippen LogP contribution in [-0.2, 0) is 0 Å². The topological polar surface area (TPSA) is 46.2 Å². The molecule has 2 heteroatoms. The summed E-state index contributed by atoms with van der Waals surface area (Å²) >= 11 is 0. The van der Waals surface area contributed by atoms with Crippen LogP contribution in [0.3, 0.4) is 0 Å². The predicted molar refractivity (Wildman–Crippen MR) is 99.2 cm³/mol. The second kappa shape index (κ2) is 17.3. The Balaban J connectivity index is 3.03. The summed E-state index contributed by atoms with van der Waals surface area (Å²) < 4.78 is 0. The molecule has 134 valence electrons. The number of aliphatic hydroxyl groups is 1. The zero-order valence-electron chi connectivity index (χ0n) is 15.5. The van der Waals surface area contributed by atoms with Gasteiger partial charge in [0.1, 0.15) is 0 Å². The van der Waals surface area contributed by atoms with Gasteiger partial charge in [-0.15, -0.1) is 0 Å². The maximum atomic E-state index is 9.31. The number of rotatable bonds is 17. The van der Waals surface area contributed by atoms with Gasteiger partial charge >= 0.3 is 0 Å². The molecule has 2 unspecified atom stereocenters. The third kappa shape index (κ3) is 16.3. The minimum absolute atomic E-state index is 0.0260. The summed E-state index contributed by atoms with van der Waals surface area (Å²) in [6.07, 6.45) is 21.5. The number of unbranched alkanes of at least 4 members (excludes halogenated alkanes) is 14. The molecule has 0 amide bonds. The van der Waals surface area contributed by atoms with Crippen LogP contribution in [0.15, 0.2) is 0 Å². The first-order chi connectivity index (χ1) is 10.7. The van der Waals surface area contributed by atoms with Crippen molar-refractivity contribution < 1.29 is 5.11 Å². The van der Waals surface area contributed by atoms with Crippen molar-refractivity contribution in [2.75, 3.05) is 0 Å². The van der Waals surface area contributed by atoms with E-state index in [1.807, 2.05) is 0 Å². The molecule has 0 aliphatic heterocycles. The Kier molecular flexibility index (Phi) is 17.2. The van der Waals surface area contributed by atoms with Crippen LogP contribution in [0, 0.1) is 0 Å². The van der Waals surface area contributed by atoms with Crippen molar-refractivity contribution in [3.05, 3.63) is 0 Å². The van der Waals surface area contributed by atoms with E-state index < -0.39 is 0 Å². The van der Waals surface area contributed by atoms with Gasteiger partial charge in [-0.1, -0.05) is 103 Å². The average molecular weight is 314 g/mol. The van der Waals surface area contributed by atoms with E-state index in [-0.39, 0.29) is 12.1 Å². The van der Waals surface area contributed by atoms with E-state index in [1.54, 1.807) is 6.92 Å². The van der Waals surface area contributed by atoms with E-state index in [9.17, 15) is 5.11 Å². The molecule has 0 radical (unpaired) electrons. The van der Waals surface area contributed by atoms with Crippen molar-refractivity contribution in [2.45, 2.75) is 129 Å². The molecule has 0 aliphatic carbocycles. The zero-order chi connectivity index (χ0) is 16.5. The Bertz CT molecular complexity index is 206. The minimum atomic E-state index is -0.355. The Labute approximate surface area is 140 Å². The molecule has 0 aliphatic rings. The monoisotopic (exact) mass is 313 g/mol. The van der Waals surface area contributed by atoms with E-state index in [0.717, 1.165) is 6.42 Å². The molecule has 22 heavy (non-hydrogen) atoms. The first kappa shape index (κ1) is 21.9. The molecule has 0 rings (SSSR count). The Hall–Kier alpha value is -0.0800. The summed E-state index contributed by atoms with van der Waals surface area (Å²) in [5.74, 6) is 0. The number of nitrogens with two attached hydrogens (primary N) is 1. The minimum Gasteiger partial charge on any atom is -0.392 e. The van der Waals surface area contributed by atoms with Gasteiger partial charge in [-0.2, -0.15) is 0 Å². The van der Waals surface area contributed by atoms with Crippen molar-refractivity contribution in [2.24, 2.45) is 5.73 Å². The van der Waals surface area contributed by atoms with Gasteiger partial charge in [0.05, 0.1) is 6.10 Å². The molecule has 0 aromatic carbocycles. The Morgan fingerprint density at radius 2 is 0.955 bits per heavy atom. The molecule has 0 aromatic rings. The molecule has 0 aromatic heterocycles. The average Bonchev–Trinajstić information content (AvgIpc) is 2.50. The van der Waals surface area contributed by atoms with Crippen molar-refractivity contribution in [3.8, 4) is 0 Å². The highest BCUT2D eigenvalue weighted by atomic mass is 16.3. The van der Waals surface area contributed by atoms with E-state index in [1.165, 1.54) is 96.3 Å². The third-order valence-electron chi connectivity index (χ3n) is 4.76. The van der Waals surface area contributed by atoms with Crippen molar-refractivity contribution >= 4 is 0 Å². The van der Waals surface area contributed by atoms with Gasteiger partial charge in [-0.3, -0.25) is 0 Å². The summed E-state index contributed by atoms with van der Waals surface area (Å²) in [5.41, 5.74) is 5.82. The highest BCUT2D eigenvalue weighted by molar-refractivity contribution is 4.66. The lowest BCUT2D eigenvalue weighted by atomic mass is 10.0. The lowest BCUT2D eigenvalue weighted by Gasteiger charge is -2.13. The van der Waals surface area contributed by atoms with Crippen molar-refractivity contribution in [1.82, 2.24) is 0 Å². The predicted octanol–water partition coefficient (Wildman–Crippen LogP) is 5.96. The first-order valence-electron chi connectivity index (χ1n) is 10.1. The van der Waals surface area contributed by atoms with Crippen LogP contribution in [0.25, 0.3) is 0 Å². The Morgan fingerprint density at radius 1 is 0.636 bits per heavy atom. The third-order valence-corrected chi connectivity index (χ3v) is 4.76. The standard InChI is InChI=1S/C20H43NO/c1-3-4-5-6-7-8-9-10-11-12-13-14-15-16-17-18-20(21)19(2)22/h19-20,22H,3-18,21H2,1-2H3. The van der Waals surface area contributed by atoms with Gasteiger partial charge in [0.2, 0.25) is 0 Å². The first-order valence-corrected chi connectivity index (χ1v) is 10.1. The van der Waals surface area contributed by atoms with E-state index >= 15 is 0 Å². The summed E-state index contributed by atoms with van der Waals surface area (Å²) in [6.45, 7) is 4.07. The highest BCUT2D eigenvalue weighted by Gasteiger charge is 2.07. The highest BCUT2D eigenvalue weighted by Crippen LogP contribution is 2.14. The van der Waals surface area contributed by atoms with Gasteiger partial charge in [-0.25, -0.2) is 0 Å². The molecule has 0 heterocycles. The van der Waals surface area contributed by atoms with Crippen LogP contribution in [0.1, 0.15) is 117 Å². The molecule has 0 saturated carbocycles. The quantitative estimate of drug-likeness (QED) is 0.326. The summed E-state index contributed by atoms with van der Waals surface area (Å²) in [7, 11) is 0. The zero-order valence-corrected chi connectivity index (χ0v) is 15.5. The van der Waals surface area contributed by atoms with Gasteiger partial charge in [0, 0.05) is 6.04 Å². The van der Waals surface area contributed by atoms with E-state index in [0.29, 0.717) is 0 Å². The maximum Gasteiger partial charge on any atom is 0.0662 e. The fourth-order valence-electron chi connectivity index (χ4n) is 2.99. The van der Waals surface area contributed by atoms with Gasteiger partial charge in [-0.05, 0) is 13.3 Å². The van der Waals surface area contributed by atoms with E-state index in [2.05, 4.69) is 6.92 Å². The summed E-state index contributed by atoms with van der Waals surface area (Å²) in [5, 5.41) is 9.31. The largest absolute Gasteiger partial charge is 0.392 e. The van der Waals surface area contributed by atoms with Crippen LogP contribution >= 0.6 is 0 Å². The van der Waals surface area contributed by atoms with Crippen LogP contribution in [0.2, 0.25) is 0 Å². The fourth-order valence-corrected chi connectivity index (χ4v) is 2.99. The second-order valence-corrected chi connectivity index (χ2v) is 7.14. The summed E-state index contributed by atoms with van der Waals surface area (Å²) in [6, 6.07) is -0.0260. The van der Waals surface area contributed by atoms with Crippen LogP contribution in [0.4, 0.5) is 0 Å². The molecule has 2 atom stereocenters. The normalized spacial score (nSPS) is 14.2. The molecule has 2 nitrogen and oxygen atoms in total. The van der Waals surface area contributed by atoms with Crippen molar-refractivity contribution in [3.63, 3.8) is 0 Å². The number of aliphatic hydroxyl groups excluding tert-OH is 1. The fraction of sp³-hybridized carbons (Fsp3) is 1.00. The number of hydrogen-bond acceptors (Lipinski definition) is 2. The molecule has 0 fully saturated rings. The maximum absolute atomic E-state index is 9.31. The Morgan fingerprint density at radius 3 is 1.27 bits per heavy atom. The van der Waals surface area contributed by atoms with Gasteiger partial charge < -0.3 is 10.8 Å². The SMILES string of the molecule is CCCCCCCCCCCCCCCCCC(N)C(C)O.